The van der Waals surface area contributed by atoms with Gasteiger partial charge in [-0.05, 0) is 84.4 Å². The minimum Gasteiger partial charge on any atom is -0.469 e. The second kappa shape index (κ2) is 7.78. The number of esters is 1. The van der Waals surface area contributed by atoms with Gasteiger partial charge in [-0.3, -0.25) is 9.59 Å². The molecule has 0 N–H and O–H groups in total. The predicted molar refractivity (Wildman–Crippen MR) is 137 cm³/mol. The van der Waals surface area contributed by atoms with E-state index in [2.05, 4.69) is 39.5 Å². The molecule has 5 rings (SSSR count). The minimum atomic E-state index is -0.558. The molecule has 0 bridgehead atoms. The lowest BCUT2D eigenvalue weighted by Crippen LogP contribution is -2.68. The molecule has 9 atom stereocenters. The van der Waals surface area contributed by atoms with E-state index in [0.29, 0.717) is 12.2 Å². The van der Waals surface area contributed by atoms with Gasteiger partial charge in [-0.25, -0.2) is 4.85 Å². The average Bonchev–Trinajstić information content (AvgIpc) is 2.82. The number of hydrogen-bond acceptors (Lipinski definition) is 4. The molecule has 4 fully saturated rings. The van der Waals surface area contributed by atoms with E-state index in [0.717, 1.165) is 44.9 Å². The van der Waals surface area contributed by atoms with E-state index in [1.54, 1.807) is 0 Å². The maximum absolute atomic E-state index is 14.4. The zero-order chi connectivity index (χ0) is 26.5. The molecular weight excluding hydrogens is 450 g/mol. The van der Waals surface area contributed by atoms with Crippen molar-refractivity contribution >= 4 is 17.5 Å². The number of allylic oxidation sites excluding steroid dienone is 2. The van der Waals surface area contributed by atoms with Crippen molar-refractivity contribution in [3.8, 4) is 0 Å². The number of rotatable bonds is 1. The predicted octanol–water partition coefficient (Wildman–Crippen LogP) is 6.42. The summed E-state index contributed by atoms with van der Waals surface area (Å²) in [5.41, 5.74) is -0.899. The Bertz CT molecular complexity index is 1100. The van der Waals surface area contributed by atoms with Crippen LogP contribution in [0.15, 0.2) is 11.8 Å². The number of carbonyl (C=O) groups is 3. The number of hydrogen-bond donors (Lipinski definition) is 0. The molecule has 0 radical (unpaired) electrons. The Morgan fingerprint density at radius 1 is 1.00 bits per heavy atom. The highest BCUT2D eigenvalue weighted by Crippen LogP contribution is 2.75. The fourth-order valence-electron chi connectivity index (χ4n) is 10.5. The molecular formula is C31H43NO4. The third-order valence-corrected chi connectivity index (χ3v) is 12.7. The van der Waals surface area contributed by atoms with E-state index in [-0.39, 0.29) is 68.7 Å². The molecule has 4 saturated carbocycles. The van der Waals surface area contributed by atoms with Gasteiger partial charge >= 0.3 is 5.97 Å². The number of Topliss-reactive ketones (excluding diaryl/α,β-unsaturated/α-hetero) is 2. The molecule has 0 aliphatic heterocycles. The molecule has 5 heteroatoms. The summed E-state index contributed by atoms with van der Waals surface area (Å²) in [7, 11) is 1.50. The van der Waals surface area contributed by atoms with E-state index in [1.165, 1.54) is 7.11 Å². The van der Waals surface area contributed by atoms with Crippen molar-refractivity contribution in [3.63, 3.8) is 0 Å². The van der Waals surface area contributed by atoms with Crippen LogP contribution >= 0.6 is 0 Å². The first-order chi connectivity index (χ1) is 16.7. The maximum atomic E-state index is 14.4. The Hall–Kier alpha value is -1.96. The van der Waals surface area contributed by atoms with Gasteiger partial charge in [0, 0.05) is 18.3 Å². The van der Waals surface area contributed by atoms with Crippen molar-refractivity contribution in [2.75, 3.05) is 7.11 Å². The Morgan fingerprint density at radius 2 is 1.67 bits per heavy atom. The van der Waals surface area contributed by atoms with Gasteiger partial charge in [0.05, 0.1) is 19.1 Å². The molecule has 0 unspecified atom stereocenters. The van der Waals surface area contributed by atoms with Gasteiger partial charge in [0.25, 0.3) is 0 Å². The molecule has 5 aliphatic rings. The van der Waals surface area contributed by atoms with E-state index in [1.807, 2.05) is 13.0 Å². The monoisotopic (exact) mass is 493 g/mol. The Labute approximate surface area is 216 Å². The van der Waals surface area contributed by atoms with Gasteiger partial charge in [-0.15, -0.1) is 0 Å². The Kier molecular flexibility index (Phi) is 5.55. The van der Waals surface area contributed by atoms with Gasteiger partial charge in [0.2, 0.25) is 5.70 Å². The Balaban J connectivity index is 1.63. The van der Waals surface area contributed by atoms with Crippen LogP contribution in [0.25, 0.3) is 4.85 Å². The molecule has 0 aromatic carbocycles. The van der Waals surface area contributed by atoms with Crippen LogP contribution in [0.3, 0.4) is 0 Å². The first kappa shape index (κ1) is 25.7. The quantitative estimate of drug-likeness (QED) is 0.312. The smallest absolute Gasteiger partial charge is 0.312 e. The van der Waals surface area contributed by atoms with Crippen LogP contribution in [0.1, 0.15) is 92.9 Å². The third-order valence-electron chi connectivity index (χ3n) is 12.7. The lowest BCUT2D eigenvalue weighted by atomic mass is 9.32. The number of fused-ring (bicyclic) bond motifs is 7. The summed E-state index contributed by atoms with van der Waals surface area (Å²) in [6.45, 7) is 21.2. The summed E-state index contributed by atoms with van der Waals surface area (Å²) >= 11 is 0. The highest BCUT2D eigenvalue weighted by Gasteiger charge is 2.72. The summed E-state index contributed by atoms with van der Waals surface area (Å²) in [6, 6.07) is 0. The second-order valence-corrected chi connectivity index (χ2v) is 14.5. The zero-order valence-corrected chi connectivity index (χ0v) is 23.2. The Morgan fingerprint density at radius 3 is 2.31 bits per heavy atom. The lowest BCUT2D eigenvalue weighted by molar-refractivity contribution is -0.223. The lowest BCUT2D eigenvalue weighted by Gasteiger charge is -2.71. The van der Waals surface area contributed by atoms with Crippen molar-refractivity contribution in [2.45, 2.75) is 92.9 Å². The van der Waals surface area contributed by atoms with Gasteiger partial charge in [0.15, 0.2) is 5.78 Å². The van der Waals surface area contributed by atoms with Crippen LogP contribution in [-0.2, 0) is 19.1 Å². The molecule has 5 nitrogen and oxygen atoms in total. The third kappa shape index (κ3) is 3.02. The van der Waals surface area contributed by atoms with Gasteiger partial charge in [-0.1, -0.05) is 47.6 Å². The number of ether oxygens (including phenoxy) is 1. The molecule has 5 aliphatic carbocycles. The fraction of sp³-hybridized carbons (Fsp3) is 0.806. The molecule has 36 heavy (non-hydrogen) atoms. The van der Waals surface area contributed by atoms with Crippen molar-refractivity contribution < 1.29 is 19.1 Å². The molecule has 0 aromatic rings. The van der Waals surface area contributed by atoms with Crippen LogP contribution in [0, 0.1) is 63.2 Å². The van der Waals surface area contributed by atoms with Gasteiger partial charge < -0.3 is 9.53 Å². The second-order valence-electron chi connectivity index (χ2n) is 14.5. The highest BCUT2D eigenvalue weighted by molar-refractivity contribution is 6.00. The van der Waals surface area contributed by atoms with E-state index < -0.39 is 5.41 Å². The summed E-state index contributed by atoms with van der Waals surface area (Å²) in [5.74, 6) is 0.0477. The van der Waals surface area contributed by atoms with Crippen molar-refractivity contribution in [2.24, 2.45) is 56.7 Å². The SMILES string of the molecule is [C-]#[N+]C1=C[C@]2(C)[C@H]3CC(=O)[C@@H]4[C@@H]5CC(C)(C)CC[C@]5(C(=O)OC)CC[C@@]4(C)[C@]3(C)CC[C@H]2[C@H](C)C1=O. The largest absolute Gasteiger partial charge is 0.469 e. The highest BCUT2D eigenvalue weighted by atomic mass is 16.5. The van der Waals surface area contributed by atoms with Crippen LogP contribution in [0.2, 0.25) is 0 Å². The summed E-state index contributed by atoms with van der Waals surface area (Å²) in [6.07, 6.45) is 8.63. The standard InChI is InChI=1S/C31H43NO4/c1-18-19-9-10-29(5)23(28(19,4)17-21(32-7)25(18)34)15-22(33)24-20-16-27(2,3)11-13-31(20,26(35)36-8)14-12-30(24,29)6/h17-20,23-24H,9-16H2,1-6,8H3/t18-,19-,20-,23+,24-,28-,29+,30+,31-/m0/s1. The zero-order valence-electron chi connectivity index (χ0n) is 23.2. The van der Waals surface area contributed by atoms with Crippen LogP contribution < -0.4 is 0 Å². The minimum absolute atomic E-state index is 0.00413. The average molecular weight is 494 g/mol. The van der Waals surface area contributed by atoms with Crippen molar-refractivity contribution in [3.05, 3.63) is 23.2 Å². The summed E-state index contributed by atoms with van der Waals surface area (Å²) in [4.78, 5) is 44.2. The molecule has 0 spiro atoms. The molecule has 0 amide bonds. The van der Waals surface area contributed by atoms with E-state index in [4.69, 9.17) is 11.3 Å². The molecule has 0 saturated heterocycles. The number of methoxy groups -OCH3 is 1. The van der Waals surface area contributed by atoms with E-state index >= 15 is 0 Å². The number of nitrogens with zero attached hydrogens (tertiary/aromatic N) is 1. The van der Waals surface area contributed by atoms with Gasteiger partial charge in [-0.2, -0.15) is 0 Å². The topological polar surface area (TPSA) is 64.8 Å². The maximum Gasteiger partial charge on any atom is 0.312 e. The van der Waals surface area contributed by atoms with Crippen molar-refractivity contribution in [1.29, 1.82) is 0 Å². The summed E-state index contributed by atoms with van der Waals surface area (Å²) in [5, 5.41) is 0. The normalized spacial score (nSPS) is 49.4. The first-order valence-electron chi connectivity index (χ1n) is 14.0. The fourth-order valence-corrected chi connectivity index (χ4v) is 10.5. The summed E-state index contributed by atoms with van der Waals surface area (Å²) < 4.78 is 5.41. The molecule has 196 valence electrons. The first-order valence-corrected chi connectivity index (χ1v) is 14.0. The van der Waals surface area contributed by atoms with Crippen LogP contribution in [0.5, 0.6) is 0 Å². The van der Waals surface area contributed by atoms with E-state index in [9.17, 15) is 14.4 Å². The van der Waals surface area contributed by atoms with Gasteiger partial charge in [0.1, 0.15) is 5.78 Å². The molecule has 0 heterocycles. The van der Waals surface area contributed by atoms with Crippen LogP contribution in [-0.4, -0.2) is 24.6 Å². The molecule has 0 aromatic heterocycles. The van der Waals surface area contributed by atoms with Crippen molar-refractivity contribution in [1.82, 2.24) is 0 Å². The van der Waals surface area contributed by atoms with Crippen LogP contribution in [0.4, 0.5) is 0 Å². The number of ketones is 2. The number of carbonyl (C=O) groups excluding carboxylic acids is 3.